The molecule has 1 aliphatic heterocycles. The lowest BCUT2D eigenvalue weighted by Gasteiger charge is -2.37. The van der Waals surface area contributed by atoms with Gasteiger partial charge in [0.25, 0.3) is 11.6 Å². The number of para-hydroxylation sites is 1. The first-order valence-corrected chi connectivity index (χ1v) is 8.33. The summed E-state index contributed by atoms with van der Waals surface area (Å²) in [6.07, 6.45) is 0. The molecule has 0 radical (unpaired) electrons. The standard InChI is InChI=1S/C19H21N3O3/c1-14-6-3-4-8-17(14)20-10-12-21(13-11-20)19(23)16-7-5-9-18(15(16)2)22(24)25/h3-9H,10-13H2,1-2H3. The molecule has 0 bridgehead atoms. The molecule has 1 fully saturated rings. The van der Waals surface area contributed by atoms with Gasteiger partial charge < -0.3 is 9.80 Å². The van der Waals surface area contributed by atoms with Crippen LogP contribution in [0.2, 0.25) is 0 Å². The normalized spacial score (nSPS) is 14.5. The number of nitrogens with zero attached hydrogens (tertiary/aromatic N) is 3. The molecular weight excluding hydrogens is 318 g/mol. The molecule has 0 aliphatic carbocycles. The number of hydrogen-bond donors (Lipinski definition) is 0. The van der Waals surface area contributed by atoms with Gasteiger partial charge in [0.1, 0.15) is 0 Å². The van der Waals surface area contributed by atoms with E-state index in [9.17, 15) is 14.9 Å². The molecular formula is C19H21N3O3. The number of anilines is 1. The third kappa shape index (κ3) is 3.33. The summed E-state index contributed by atoms with van der Waals surface area (Å²) < 4.78 is 0. The van der Waals surface area contributed by atoms with Gasteiger partial charge in [-0.25, -0.2) is 0 Å². The highest BCUT2D eigenvalue weighted by atomic mass is 16.6. The molecule has 1 amide bonds. The predicted octanol–water partition coefficient (Wildman–Crippen LogP) is 3.17. The molecule has 0 N–H and O–H groups in total. The summed E-state index contributed by atoms with van der Waals surface area (Å²) in [6.45, 7) is 6.44. The lowest BCUT2D eigenvalue weighted by atomic mass is 10.0. The van der Waals surface area contributed by atoms with Crippen LogP contribution in [0, 0.1) is 24.0 Å². The van der Waals surface area contributed by atoms with Crippen LogP contribution in [-0.4, -0.2) is 41.9 Å². The predicted molar refractivity (Wildman–Crippen MR) is 97.1 cm³/mol. The maximum absolute atomic E-state index is 12.8. The second-order valence-corrected chi connectivity index (χ2v) is 6.27. The van der Waals surface area contributed by atoms with E-state index in [-0.39, 0.29) is 11.6 Å². The molecule has 0 atom stereocenters. The Balaban J connectivity index is 1.73. The van der Waals surface area contributed by atoms with Crippen LogP contribution >= 0.6 is 0 Å². The number of amides is 1. The van der Waals surface area contributed by atoms with Gasteiger partial charge in [-0.1, -0.05) is 24.3 Å². The van der Waals surface area contributed by atoms with Gasteiger partial charge in [0.05, 0.1) is 4.92 Å². The summed E-state index contributed by atoms with van der Waals surface area (Å²) in [5.74, 6) is -0.134. The number of piperazine rings is 1. The smallest absolute Gasteiger partial charge is 0.273 e. The monoisotopic (exact) mass is 339 g/mol. The van der Waals surface area contributed by atoms with Crippen molar-refractivity contribution in [1.82, 2.24) is 4.90 Å². The zero-order chi connectivity index (χ0) is 18.0. The average Bonchev–Trinajstić information content (AvgIpc) is 2.62. The van der Waals surface area contributed by atoms with Crippen molar-refractivity contribution in [3.8, 4) is 0 Å². The molecule has 0 unspecified atom stereocenters. The van der Waals surface area contributed by atoms with E-state index in [0.717, 1.165) is 13.1 Å². The lowest BCUT2D eigenvalue weighted by Crippen LogP contribution is -2.49. The van der Waals surface area contributed by atoms with Gasteiger partial charge in [0.15, 0.2) is 0 Å². The maximum Gasteiger partial charge on any atom is 0.273 e. The first kappa shape index (κ1) is 17.0. The number of nitro benzene ring substituents is 1. The molecule has 0 aromatic heterocycles. The van der Waals surface area contributed by atoms with Gasteiger partial charge in [0, 0.05) is 49.1 Å². The number of carbonyl (C=O) groups is 1. The Bertz CT molecular complexity index is 811. The molecule has 2 aromatic rings. The zero-order valence-electron chi connectivity index (χ0n) is 14.4. The second kappa shape index (κ2) is 6.93. The van der Waals surface area contributed by atoms with Crippen molar-refractivity contribution < 1.29 is 9.72 Å². The van der Waals surface area contributed by atoms with E-state index >= 15 is 0 Å². The van der Waals surface area contributed by atoms with Crippen molar-refractivity contribution in [3.63, 3.8) is 0 Å². The van der Waals surface area contributed by atoms with E-state index in [1.54, 1.807) is 24.0 Å². The molecule has 25 heavy (non-hydrogen) atoms. The highest BCUT2D eigenvalue weighted by molar-refractivity contribution is 5.96. The van der Waals surface area contributed by atoms with Crippen molar-refractivity contribution in [2.45, 2.75) is 13.8 Å². The van der Waals surface area contributed by atoms with Crippen LogP contribution in [0.3, 0.4) is 0 Å². The fraction of sp³-hybridized carbons (Fsp3) is 0.316. The Morgan fingerprint density at radius 3 is 2.32 bits per heavy atom. The highest BCUT2D eigenvalue weighted by Gasteiger charge is 2.26. The average molecular weight is 339 g/mol. The van der Waals surface area contributed by atoms with Gasteiger partial charge in [-0.3, -0.25) is 14.9 Å². The molecule has 6 heteroatoms. The van der Waals surface area contributed by atoms with Crippen LogP contribution in [0.15, 0.2) is 42.5 Å². The van der Waals surface area contributed by atoms with Crippen LogP contribution < -0.4 is 4.90 Å². The number of rotatable bonds is 3. The van der Waals surface area contributed by atoms with Crippen molar-refractivity contribution in [3.05, 3.63) is 69.3 Å². The molecule has 3 rings (SSSR count). The third-order valence-corrected chi connectivity index (χ3v) is 4.76. The fourth-order valence-corrected chi connectivity index (χ4v) is 3.29. The molecule has 1 aliphatic rings. The minimum atomic E-state index is -0.442. The number of aryl methyl sites for hydroxylation is 1. The van der Waals surface area contributed by atoms with Crippen molar-refractivity contribution >= 4 is 17.3 Å². The summed E-state index contributed by atoms with van der Waals surface area (Å²) in [7, 11) is 0. The quantitative estimate of drug-likeness (QED) is 0.636. The fourth-order valence-electron chi connectivity index (χ4n) is 3.29. The van der Waals surface area contributed by atoms with Gasteiger partial charge in [0.2, 0.25) is 0 Å². The topological polar surface area (TPSA) is 66.7 Å². The molecule has 0 spiro atoms. The minimum absolute atomic E-state index is 0.00982. The number of benzene rings is 2. The summed E-state index contributed by atoms with van der Waals surface area (Å²) >= 11 is 0. The molecule has 0 saturated carbocycles. The van der Waals surface area contributed by atoms with E-state index in [1.807, 2.05) is 12.1 Å². The van der Waals surface area contributed by atoms with Gasteiger partial charge in [-0.15, -0.1) is 0 Å². The van der Waals surface area contributed by atoms with Crippen LogP contribution in [0.1, 0.15) is 21.5 Å². The Hall–Kier alpha value is -2.89. The molecule has 1 saturated heterocycles. The van der Waals surface area contributed by atoms with E-state index in [0.29, 0.717) is 24.2 Å². The van der Waals surface area contributed by atoms with Gasteiger partial charge >= 0.3 is 0 Å². The maximum atomic E-state index is 12.8. The Morgan fingerprint density at radius 2 is 1.68 bits per heavy atom. The minimum Gasteiger partial charge on any atom is -0.368 e. The van der Waals surface area contributed by atoms with Crippen LogP contribution in [0.4, 0.5) is 11.4 Å². The van der Waals surface area contributed by atoms with E-state index in [2.05, 4.69) is 24.0 Å². The SMILES string of the molecule is Cc1ccccc1N1CCN(C(=O)c2cccc([N+](=O)[O-])c2C)CC1. The third-order valence-electron chi connectivity index (χ3n) is 4.76. The molecule has 1 heterocycles. The van der Waals surface area contributed by atoms with Crippen molar-refractivity contribution in [1.29, 1.82) is 0 Å². The van der Waals surface area contributed by atoms with E-state index in [4.69, 9.17) is 0 Å². The summed E-state index contributed by atoms with van der Waals surface area (Å²) in [5.41, 5.74) is 3.25. The van der Waals surface area contributed by atoms with E-state index < -0.39 is 4.92 Å². The lowest BCUT2D eigenvalue weighted by molar-refractivity contribution is -0.385. The van der Waals surface area contributed by atoms with Crippen molar-refractivity contribution in [2.24, 2.45) is 0 Å². The first-order chi connectivity index (χ1) is 12.0. The number of carbonyl (C=O) groups excluding carboxylic acids is 1. The van der Waals surface area contributed by atoms with Gasteiger partial charge in [-0.05, 0) is 31.5 Å². The Labute approximate surface area is 146 Å². The second-order valence-electron chi connectivity index (χ2n) is 6.27. The zero-order valence-corrected chi connectivity index (χ0v) is 14.4. The van der Waals surface area contributed by atoms with E-state index in [1.165, 1.54) is 17.3 Å². The molecule has 6 nitrogen and oxygen atoms in total. The van der Waals surface area contributed by atoms with Crippen LogP contribution in [0.25, 0.3) is 0 Å². The molecule has 130 valence electrons. The highest BCUT2D eigenvalue weighted by Crippen LogP contribution is 2.24. The first-order valence-electron chi connectivity index (χ1n) is 8.33. The Morgan fingerprint density at radius 1 is 1.00 bits per heavy atom. The summed E-state index contributed by atoms with van der Waals surface area (Å²) in [4.78, 5) is 27.5. The number of hydrogen-bond acceptors (Lipinski definition) is 4. The molecule has 2 aromatic carbocycles. The summed E-state index contributed by atoms with van der Waals surface area (Å²) in [6, 6.07) is 12.9. The van der Waals surface area contributed by atoms with Gasteiger partial charge in [-0.2, -0.15) is 0 Å². The van der Waals surface area contributed by atoms with Crippen LogP contribution in [-0.2, 0) is 0 Å². The number of nitro groups is 1. The summed E-state index contributed by atoms with van der Waals surface area (Å²) in [5, 5.41) is 11.1. The van der Waals surface area contributed by atoms with Crippen LogP contribution in [0.5, 0.6) is 0 Å². The van der Waals surface area contributed by atoms with Crippen molar-refractivity contribution in [2.75, 3.05) is 31.1 Å². The largest absolute Gasteiger partial charge is 0.368 e. The Kier molecular flexibility index (Phi) is 4.70.